The van der Waals surface area contributed by atoms with Crippen molar-refractivity contribution in [3.63, 3.8) is 0 Å². The maximum Gasteiger partial charge on any atom is 0.0643 e. The number of rotatable bonds is 3. The van der Waals surface area contributed by atoms with E-state index in [1.807, 2.05) is 0 Å². The monoisotopic (exact) mass is 267 g/mol. The molecule has 2 aliphatic rings. The van der Waals surface area contributed by atoms with Crippen LogP contribution in [-0.2, 0) is 4.74 Å². The molecule has 0 aromatic heterocycles. The van der Waals surface area contributed by atoms with Gasteiger partial charge in [-0.3, -0.25) is 0 Å². The van der Waals surface area contributed by atoms with Gasteiger partial charge in [-0.25, -0.2) is 0 Å². The van der Waals surface area contributed by atoms with Gasteiger partial charge in [0.15, 0.2) is 0 Å². The lowest BCUT2D eigenvalue weighted by Gasteiger charge is -2.43. The summed E-state index contributed by atoms with van der Waals surface area (Å²) < 4.78 is 6.16. The fraction of sp³-hybridized carbons (Fsp3) is 1.00. The normalized spacial score (nSPS) is 37.3. The third-order valence-electron chi connectivity index (χ3n) is 5.42. The molecule has 0 amide bonds. The summed E-state index contributed by atoms with van der Waals surface area (Å²) in [5.74, 6) is 2.47. The van der Waals surface area contributed by atoms with Crippen LogP contribution in [0.4, 0.5) is 0 Å². The van der Waals surface area contributed by atoms with Crippen LogP contribution in [-0.4, -0.2) is 26.3 Å². The summed E-state index contributed by atoms with van der Waals surface area (Å²) in [6.45, 7) is 9.32. The van der Waals surface area contributed by atoms with E-state index in [4.69, 9.17) is 4.74 Å². The SMILES string of the molecule is CNCC1CCCOC1C1CCC(C(C)(C)C)CC1. The highest BCUT2D eigenvalue weighted by Crippen LogP contribution is 2.43. The van der Waals surface area contributed by atoms with Crippen LogP contribution in [0.25, 0.3) is 0 Å². The van der Waals surface area contributed by atoms with Crippen LogP contribution in [0.5, 0.6) is 0 Å². The molecule has 2 atom stereocenters. The highest BCUT2D eigenvalue weighted by atomic mass is 16.5. The van der Waals surface area contributed by atoms with E-state index in [-0.39, 0.29) is 0 Å². The molecule has 0 aromatic carbocycles. The first kappa shape index (κ1) is 15.3. The lowest BCUT2D eigenvalue weighted by Crippen LogP contribution is -2.42. The summed E-state index contributed by atoms with van der Waals surface area (Å²) in [4.78, 5) is 0. The molecule has 2 rings (SSSR count). The van der Waals surface area contributed by atoms with Crippen molar-refractivity contribution in [3.05, 3.63) is 0 Å². The predicted octanol–water partition coefficient (Wildman–Crippen LogP) is 3.85. The third kappa shape index (κ3) is 3.95. The molecule has 1 aliphatic heterocycles. The first-order chi connectivity index (χ1) is 9.02. The van der Waals surface area contributed by atoms with Crippen molar-refractivity contribution in [1.82, 2.24) is 5.32 Å². The van der Waals surface area contributed by atoms with Gasteiger partial charge in [0.05, 0.1) is 6.10 Å². The molecule has 1 saturated heterocycles. The minimum absolute atomic E-state index is 0.489. The fourth-order valence-corrected chi connectivity index (χ4v) is 4.18. The Bertz CT molecular complexity index is 261. The second-order valence-corrected chi connectivity index (χ2v) is 7.77. The van der Waals surface area contributed by atoms with Gasteiger partial charge in [0.2, 0.25) is 0 Å². The topological polar surface area (TPSA) is 21.3 Å². The van der Waals surface area contributed by atoms with Crippen LogP contribution in [0, 0.1) is 23.2 Å². The van der Waals surface area contributed by atoms with Crippen molar-refractivity contribution in [2.24, 2.45) is 23.2 Å². The number of nitrogens with one attached hydrogen (secondary N) is 1. The zero-order valence-corrected chi connectivity index (χ0v) is 13.4. The largest absolute Gasteiger partial charge is 0.378 e. The van der Waals surface area contributed by atoms with E-state index < -0.39 is 0 Å². The first-order valence-corrected chi connectivity index (χ1v) is 8.28. The first-order valence-electron chi connectivity index (χ1n) is 8.28. The van der Waals surface area contributed by atoms with Crippen LogP contribution in [0.15, 0.2) is 0 Å². The molecule has 0 bridgehead atoms. The molecule has 112 valence electrons. The van der Waals surface area contributed by atoms with Crippen LogP contribution in [0.3, 0.4) is 0 Å². The summed E-state index contributed by atoms with van der Waals surface area (Å²) in [5, 5.41) is 3.36. The maximum absolute atomic E-state index is 6.16. The Morgan fingerprint density at radius 2 is 1.74 bits per heavy atom. The van der Waals surface area contributed by atoms with Crippen LogP contribution in [0.1, 0.15) is 59.3 Å². The summed E-state index contributed by atoms with van der Waals surface area (Å²) in [5.41, 5.74) is 0.489. The van der Waals surface area contributed by atoms with Crippen molar-refractivity contribution >= 4 is 0 Å². The van der Waals surface area contributed by atoms with Gasteiger partial charge in [-0.05, 0) is 68.7 Å². The van der Waals surface area contributed by atoms with Gasteiger partial charge in [0.25, 0.3) is 0 Å². The molecule has 0 spiro atoms. The van der Waals surface area contributed by atoms with Crippen LogP contribution < -0.4 is 5.32 Å². The van der Waals surface area contributed by atoms with Gasteiger partial charge in [-0.2, -0.15) is 0 Å². The van der Waals surface area contributed by atoms with Crippen molar-refractivity contribution in [2.45, 2.75) is 65.4 Å². The van der Waals surface area contributed by atoms with Gasteiger partial charge < -0.3 is 10.1 Å². The second kappa shape index (κ2) is 6.58. The Morgan fingerprint density at radius 1 is 1.05 bits per heavy atom. The zero-order valence-electron chi connectivity index (χ0n) is 13.4. The molecule has 1 heterocycles. The second-order valence-electron chi connectivity index (χ2n) is 7.77. The van der Waals surface area contributed by atoms with E-state index >= 15 is 0 Å². The van der Waals surface area contributed by atoms with Crippen LogP contribution >= 0.6 is 0 Å². The molecule has 19 heavy (non-hydrogen) atoms. The number of hydrogen-bond acceptors (Lipinski definition) is 2. The molecular weight excluding hydrogens is 234 g/mol. The molecule has 2 unspecified atom stereocenters. The van der Waals surface area contributed by atoms with E-state index in [9.17, 15) is 0 Å². The van der Waals surface area contributed by atoms with Crippen LogP contribution in [0.2, 0.25) is 0 Å². The fourth-order valence-electron chi connectivity index (χ4n) is 4.18. The quantitative estimate of drug-likeness (QED) is 0.838. The van der Waals surface area contributed by atoms with Gasteiger partial charge in [-0.15, -0.1) is 0 Å². The molecule has 1 saturated carbocycles. The van der Waals surface area contributed by atoms with Gasteiger partial charge in [-0.1, -0.05) is 20.8 Å². The zero-order chi connectivity index (χ0) is 13.9. The summed E-state index contributed by atoms with van der Waals surface area (Å²) in [6.07, 6.45) is 8.70. The van der Waals surface area contributed by atoms with E-state index in [1.54, 1.807) is 0 Å². The predicted molar refractivity (Wildman–Crippen MR) is 81.3 cm³/mol. The Hall–Kier alpha value is -0.0800. The highest BCUT2D eigenvalue weighted by molar-refractivity contribution is 4.88. The van der Waals surface area contributed by atoms with Crippen molar-refractivity contribution in [1.29, 1.82) is 0 Å². The lowest BCUT2D eigenvalue weighted by molar-refractivity contribution is -0.0737. The van der Waals surface area contributed by atoms with Gasteiger partial charge in [0, 0.05) is 13.2 Å². The van der Waals surface area contributed by atoms with Crippen molar-refractivity contribution in [2.75, 3.05) is 20.2 Å². The van der Waals surface area contributed by atoms with Crippen molar-refractivity contribution < 1.29 is 4.74 Å². The molecule has 1 N–H and O–H groups in total. The van der Waals surface area contributed by atoms with Gasteiger partial charge >= 0.3 is 0 Å². The summed E-state index contributed by atoms with van der Waals surface area (Å²) >= 11 is 0. The standard InChI is InChI=1S/C17H33NO/c1-17(2,3)15-9-7-13(8-10-15)16-14(12-18-4)6-5-11-19-16/h13-16,18H,5-12H2,1-4H3. The molecule has 0 radical (unpaired) electrons. The van der Waals surface area contributed by atoms with E-state index in [2.05, 4.69) is 33.1 Å². The van der Waals surface area contributed by atoms with Gasteiger partial charge in [0.1, 0.15) is 0 Å². The van der Waals surface area contributed by atoms with Crippen molar-refractivity contribution in [3.8, 4) is 0 Å². The molecule has 2 fully saturated rings. The Kier molecular flexibility index (Phi) is 5.30. The minimum Gasteiger partial charge on any atom is -0.378 e. The lowest BCUT2D eigenvalue weighted by atomic mass is 9.67. The Labute approximate surface area is 119 Å². The Morgan fingerprint density at radius 3 is 2.32 bits per heavy atom. The molecular formula is C17H33NO. The summed E-state index contributed by atoms with van der Waals surface area (Å²) in [7, 11) is 2.07. The number of hydrogen-bond donors (Lipinski definition) is 1. The minimum atomic E-state index is 0.489. The number of ether oxygens (including phenoxy) is 1. The smallest absolute Gasteiger partial charge is 0.0643 e. The van der Waals surface area contributed by atoms with E-state index in [1.165, 1.54) is 38.5 Å². The average molecular weight is 267 g/mol. The Balaban J connectivity index is 1.88. The maximum atomic E-state index is 6.16. The summed E-state index contributed by atoms with van der Waals surface area (Å²) in [6, 6.07) is 0. The third-order valence-corrected chi connectivity index (χ3v) is 5.42. The molecule has 2 nitrogen and oxygen atoms in total. The van der Waals surface area contributed by atoms with E-state index in [0.29, 0.717) is 11.5 Å². The molecule has 1 aliphatic carbocycles. The average Bonchev–Trinajstić information content (AvgIpc) is 2.39. The molecule has 0 aromatic rings. The highest BCUT2D eigenvalue weighted by Gasteiger charge is 2.37. The molecule has 2 heteroatoms. The van der Waals surface area contributed by atoms with E-state index in [0.717, 1.165) is 30.9 Å².